The fourth-order valence-electron chi connectivity index (χ4n) is 4.31. The average molecular weight is 427 g/mol. The van der Waals surface area contributed by atoms with Crippen molar-refractivity contribution >= 4 is 11.5 Å². The Hall–Kier alpha value is -4.08. The molecule has 5 aromatic heterocycles. The third-order valence-corrected chi connectivity index (χ3v) is 5.83. The van der Waals surface area contributed by atoms with Crippen molar-refractivity contribution in [2.45, 2.75) is 32.2 Å². The molecule has 32 heavy (non-hydrogen) atoms. The number of fused-ring (bicyclic) bond motifs is 2. The van der Waals surface area contributed by atoms with Crippen LogP contribution in [0.3, 0.4) is 0 Å². The standard InChI is InChI=1S/C22H21N9O/c1-13(2)14-5-4-9-31-18(14)11-17(29-31)20-19-15(23-12-24-19)7-10-30(20)22-28-27-21(32-22)16-6-3-8-25-26-16/h3-6,8-9,11-13,20H,7,10H2,1-2H3,(H,23,24)/t20-/m0/s1. The maximum absolute atomic E-state index is 6.02. The summed E-state index contributed by atoms with van der Waals surface area (Å²) in [6, 6.07) is 10.0. The summed E-state index contributed by atoms with van der Waals surface area (Å²) in [6.45, 7) is 5.06. The highest BCUT2D eigenvalue weighted by atomic mass is 16.4. The van der Waals surface area contributed by atoms with Gasteiger partial charge in [0.05, 0.1) is 23.2 Å². The lowest BCUT2D eigenvalue weighted by atomic mass is 9.99. The Balaban J connectivity index is 1.46. The molecule has 1 N–H and O–H groups in total. The SMILES string of the molecule is CC(C)c1cccn2nc([C@H]3c4nc[nH]c4CCN3c3nnc(-c4cccnn4)o3)cc12. The van der Waals surface area contributed by atoms with Gasteiger partial charge in [-0.3, -0.25) is 0 Å². The third-order valence-electron chi connectivity index (χ3n) is 5.83. The molecule has 1 atom stereocenters. The van der Waals surface area contributed by atoms with Crippen molar-refractivity contribution in [1.82, 2.24) is 40.0 Å². The van der Waals surface area contributed by atoms with Gasteiger partial charge >= 0.3 is 6.01 Å². The molecule has 1 aliphatic rings. The molecule has 0 saturated heterocycles. The zero-order valence-corrected chi connectivity index (χ0v) is 17.7. The van der Waals surface area contributed by atoms with E-state index in [1.807, 2.05) is 16.8 Å². The van der Waals surface area contributed by atoms with Crippen LogP contribution in [0.25, 0.3) is 17.1 Å². The van der Waals surface area contributed by atoms with Crippen LogP contribution >= 0.6 is 0 Å². The fourth-order valence-corrected chi connectivity index (χ4v) is 4.31. The first-order chi connectivity index (χ1) is 15.7. The van der Waals surface area contributed by atoms with Gasteiger partial charge in [0.1, 0.15) is 11.7 Å². The number of aromatic nitrogens is 8. The van der Waals surface area contributed by atoms with E-state index in [4.69, 9.17) is 9.52 Å². The van der Waals surface area contributed by atoms with Crippen molar-refractivity contribution in [1.29, 1.82) is 0 Å². The van der Waals surface area contributed by atoms with E-state index in [1.54, 1.807) is 24.7 Å². The Morgan fingerprint density at radius 3 is 2.94 bits per heavy atom. The van der Waals surface area contributed by atoms with E-state index in [0.29, 0.717) is 30.1 Å². The van der Waals surface area contributed by atoms with Gasteiger partial charge in [-0.1, -0.05) is 25.0 Å². The highest BCUT2D eigenvalue weighted by molar-refractivity contribution is 5.59. The molecule has 10 heteroatoms. The van der Waals surface area contributed by atoms with Crippen LogP contribution in [0.15, 0.2) is 53.5 Å². The molecule has 0 fully saturated rings. The van der Waals surface area contributed by atoms with Gasteiger partial charge in [0.2, 0.25) is 0 Å². The molecule has 0 bridgehead atoms. The number of anilines is 1. The number of imidazole rings is 1. The van der Waals surface area contributed by atoms with Gasteiger partial charge in [-0.2, -0.15) is 10.2 Å². The molecule has 0 saturated carbocycles. The second kappa shape index (κ2) is 7.26. The molecule has 0 unspecified atom stereocenters. The Morgan fingerprint density at radius 2 is 2.09 bits per heavy atom. The summed E-state index contributed by atoms with van der Waals surface area (Å²) < 4.78 is 7.95. The van der Waals surface area contributed by atoms with Gasteiger partial charge in [-0.05, 0) is 35.7 Å². The minimum Gasteiger partial charge on any atom is -0.401 e. The largest absolute Gasteiger partial charge is 0.401 e. The molecule has 0 amide bonds. The van der Waals surface area contributed by atoms with Crippen molar-refractivity contribution in [2.75, 3.05) is 11.4 Å². The van der Waals surface area contributed by atoms with Crippen LogP contribution in [0, 0.1) is 0 Å². The molecule has 6 rings (SSSR count). The number of hydrogen-bond acceptors (Lipinski definition) is 8. The molecule has 0 aromatic carbocycles. The van der Waals surface area contributed by atoms with Crippen LogP contribution in [-0.4, -0.2) is 46.5 Å². The van der Waals surface area contributed by atoms with E-state index >= 15 is 0 Å². The lowest BCUT2D eigenvalue weighted by molar-refractivity contribution is 0.502. The number of rotatable bonds is 4. The van der Waals surface area contributed by atoms with Crippen LogP contribution < -0.4 is 4.90 Å². The van der Waals surface area contributed by atoms with E-state index in [2.05, 4.69) is 61.2 Å². The first-order valence-corrected chi connectivity index (χ1v) is 10.6. The normalized spacial score (nSPS) is 16.1. The highest BCUT2D eigenvalue weighted by Crippen LogP contribution is 2.37. The van der Waals surface area contributed by atoms with Gasteiger partial charge in [0, 0.05) is 31.1 Å². The van der Waals surface area contributed by atoms with Crippen molar-refractivity contribution < 1.29 is 4.42 Å². The summed E-state index contributed by atoms with van der Waals surface area (Å²) in [6.07, 6.45) is 6.10. The van der Waals surface area contributed by atoms with Crippen LogP contribution in [0.4, 0.5) is 6.01 Å². The maximum atomic E-state index is 6.02. The van der Waals surface area contributed by atoms with Gasteiger partial charge in [0.25, 0.3) is 5.89 Å². The lowest BCUT2D eigenvalue weighted by Crippen LogP contribution is -2.36. The molecule has 0 spiro atoms. The number of nitrogens with one attached hydrogen (secondary N) is 1. The smallest absolute Gasteiger partial charge is 0.319 e. The molecular weight excluding hydrogens is 406 g/mol. The van der Waals surface area contributed by atoms with E-state index in [-0.39, 0.29) is 6.04 Å². The lowest BCUT2D eigenvalue weighted by Gasteiger charge is -2.32. The topological polar surface area (TPSA) is 114 Å². The van der Waals surface area contributed by atoms with Crippen molar-refractivity contribution in [3.05, 3.63) is 71.7 Å². The highest BCUT2D eigenvalue weighted by Gasteiger charge is 2.36. The quantitative estimate of drug-likeness (QED) is 0.465. The fraction of sp³-hybridized carbons (Fsp3) is 0.273. The van der Waals surface area contributed by atoms with Crippen molar-refractivity contribution in [2.24, 2.45) is 0 Å². The molecule has 1 aliphatic heterocycles. The second-order valence-corrected chi connectivity index (χ2v) is 8.13. The van der Waals surface area contributed by atoms with Crippen LogP contribution in [0.1, 0.15) is 48.5 Å². The maximum Gasteiger partial charge on any atom is 0.319 e. The molecule has 6 heterocycles. The number of nitrogens with zero attached hydrogens (tertiary/aromatic N) is 8. The predicted octanol–water partition coefficient (Wildman–Crippen LogP) is 3.17. The van der Waals surface area contributed by atoms with Gasteiger partial charge in [0.15, 0.2) is 0 Å². The van der Waals surface area contributed by atoms with Crippen molar-refractivity contribution in [3.63, 3.8) is 0 Å². The molecule has 160 valence electrons. The minimum atomic E-state index is -0.250. The summed E-state index contributed by atoms with van der Waals surface area (Å²) in [5, 5.41) is 21.4. The van der Waals surface area contributed by atoms with Crippen molar-refractivity contribution in [3.8, 4) is 11.6 Å². The number of pyridine rings is 1. The first kappa shape index (κ1) is 18.7. The Kier molecular flexibility index (Phi) is 4.23. The third kappa shape index (κ3) is 2.95. The summed E-state index contributed by atoms with van der Waals surface area (Å²) in [7, 11) is 0. The van der Waals surface area contributed by atoms with Crippen LogP contribution in [-0.2, 0) is 6.42 Å². The average Bonchev–Trinajstić information content (AvgIpc) is 3.57. The zero-order chi connectivity index (χ0) is 21.7. The van der Waals surface area contributed by atoms with E-state index in [1.165, 1.54) is 5.56 Å². The Labute approximate surface area is 183 Å². The molecule has 0 radical (unpaired) electrons. The van der Waals surface area contributed by atoms with E-state index in [0.717, 1.165) is 29.0 Å². The molecule has 10 nitrogen and oxygen atoms in total. The predicted molar refractivity (Wildman–Crippen MR) is 116 cm³/mol. The van der Waals surface area contributed by atoms with Gasteiger partial charge < -0.3 is 14.3 Å². The van der Waals surface area contributed by atoms with Gasteiger partial charge in [-0.15, -0.1) is 10.2 Å². The Bertz CT molecular complexity index is 1380. The summed E-state index contributed by atoms with van der Waals surface area (Å²) >= 11 is 0. The molecule has 0 aliphatic carbocycles. The summed E-state index contributed by atoms with van der Waals surface area (Å²) in [4.78, 5) is 9.95. The minimum absolute atomic E-state index is 0.250. The second-order valence-electron chi connectivity index (χ2n) is 8.13. The molecule has 5 aromatic rings. The van der Waals surface area contributed by atoms with Crippen LogP contribution in [0.5, 0.6) is 0 Å². The van der Waals surface area contributed by atoms with Crippen LogP contribution in [0.2, 0.25) is 0 Å². The van der Waals surface area contributed by atoms with E-state index in [9.17, 15) is 0 Å². The van der Waals surface area contributed by atoms with E-state index < -0.39 is 0 Å². The summed E-state index contributed by atoms with van der Waals surface area (Å²) in [5.41, 5.74) is 5.77. The molecular formula is C22H21N9O. The number of aromatic amines is 1. The van der Waals surface area contributed by atoms with Gasteiger partial charge in [-0.25, -0.2) is 9.50 Å². The Morgan fingerprint density at radius 1 is 1.16 bits per heavy atom. The number of H-pyrrole nitrogens is 1. The number of hydrogen-bond donors (Lipinski definition) is 1. The monoisotopic (exact) mass is 427 g/mol. The zero-order valence-electron chi connectivity index (χ0n) is 17.7. The first-order valence-electron chi connectivity index (χ1n) is 10.6. The summed E-state index contributed by atoms with van der Waals surface area (Å²) in [5.74, 6) is 0.717.